The minimum atomic E-state index is -4.63. The molecule has 0 saturated heterocycles. The van der Waals surface area contributed by atoms with Crippen LogP contribution in [0.4, 0.5) is 0 Å². The molecule has 0 radical (unpaired) electrons. The van der Waals surface area contributed by atoms with Crippen molar-refractivity contribution in [2.45, 2.75) is 180 Å². The highest BCUT2D eigenvalue weighted by molar-refractivity contribution is 7.47. The van der Waals surface area contributed by atoms with Crippen molar-refractivity contribution >= 4 is 19.8 Å². The molecule has 0 saturated carbocycles. The van der Waals surface area contributed by atoms with E-state index in [1.165, 1.54) is 51.4 Å². The number of rotatable bonds is 39. The van der Waals surface area contributed by atoms with Crippen LogP contribution in [0, 0.1) is 0 Å². The van der Waals surface area contributed by atoms with Crippen LogP contribution in [0.2, 0.25) is 0 Å². The number of allylic oxidation sites excluding steroid dienone is 10. The molecule has 3 atom stereocenters. The van der Waals surface area contributed by atoms with Crippen molar-refractivity contribution in [3.8, 4) is 0 Å². The summed E-state index contributed by atoms with van der Waals surface area (Å²) in [6.07, 6.45) is 43.3. The first-order chi connectivity index (χ1) is 26.7. The Bertz CT molecular complexity index is 1100. The molecule has 0 fully saturated rings. The quantitative estimate of drug-likeness (QED) is 0.0237. The zero-order chi connectivity index (χ0) is 40.5. The second-order valence-electron chi connectivity index (χ2n) is 14.0. The van der Waals surface area contributed by atoms with Gasteiger partial charge in [0.25, 0.3) is 0 Å². The summed E-state index contributed by atoms with van der Waals surface area (Å²) < 4.78 is 32.6. The summed E-state index contributed by atoms with van der Waals surface area (Å²) in [7, 11) is -4.63. The van der Waals surface area contributed by atoms with E-state index >= 15 is 0 Å². The van der Waals surface area contributed by atoms with Gasteiger partial charge in [-0.25, -0.2) is 4.57 Å². The van der Waals surface area contributed by atoms with Crippen molar-refractivity contribution in [1.82, 2.24) is 0 Å². The summed E-state index contributed by atoms with van der Waals surface area (Å²) in [5.74, 6) is -0.975. The molecule has 0 heterocycles. The standard InChI is InChI=1S/C44H77O10P/c1-3-5-7-9-11-13-15-17-18-19-20-21-22-24-26-28-30-32-34-36-44(48)54-42(40-53-55(49,50)52-38-41(46)37-45)39-51-43(47)35-33-31-29-27-25-23-16-14-12-10-8-6-4-2/h11,13-14,16-18,20-21,24,26,41-42,45-46H,3-10,12,15,19,22-23,25,27-40H2,1-2H3,(H,49,50)/t41-,42+/m0/s1. The lowest BCUT2D eigenvalue weighted by atomic mass is 10.1. The van der Waals surface area contributed by atoms with Crippen molar-refractivity contribution in [1.29, 1.82) is 0 Å². The van der Waals surface area contributed by atoms with Crippen molar-refractivity contribution < 1.29 is 47.8 Å². The lowest BCUT2D eigenvalue weighted by Gasteiger charge is -2.20. The molecular weight excluding hydrogens is 719 g/mol. The van der Waals surface area contributed by atoms with E-state index in [2.05, 4.69) is 79.1 Å². The zero-order valence-electron chi connectivity index (χ0n) is 34.4. The lowest BCUT2D eigenvalue weighted by Crippen LogP contribution is -2.29. The fraction of sp³-hybridized carbons (Fsp3) is 0.727. The van der Waals surface area contributed by atoms with E-state index in [1.54, 1.807) is 0 Å². The number of phosphoric ester groups is 1. The molecule has 0 rings (SSSR count). The fourth-order valence-electron chi connectivity index (χ4n) is 5.32. The molecule has 55 heavy (non-hydrogen) atoms. The van der Waals surface area contributed by atoms with Gasteiger partial charge in [-0.2, -0.15) is 0 Å². The van der Waals surface area contributed by atoms with E-state index in [0.29, 0.717) is 12.8 Å². The third kappa shape index (κ3) is 39.7. The van der Waals surface area contributed by atoms with Crippen LogP contribution < -0.4 is 0 Å². The van der Waals surface area contributed by atoms with Crippen molar-refractivity contribution in [2.75, 3.05) is 26.4 Å². The first-order valence-corrected chi connectivity index (χ1v) is 22.7. The number of hydrogen-bond acceptors (Lipinski definition) is 9. The second kappa shape index (κ2) is 39.9. The molecule has 10 nitrogen and oxygen atoms in total. The first-order valence-electron chi connectivity index (χ1n) is 21.2. The molecule has 0 aliphatic heterocycles. The highest BCUT2D eigenvalue weighted by Crippen LogP contribution is 2.43. The number of carbonyl (C=O) groups excluding carboxylic acids is 2. The number of ether oxygens (including phenoxy) is 2. The third-order valence-corrected chi connectivity index (χ3v) is 9.60. The van der Waals surface area contributed by atoms with Crippen LogP contribution >= 0.6 is 7.82 Å². The van der Waals surface area contributed by atoms with E-state index < -0.39 is 51.8 Å². The van der Waals surface area contributed by atoms with Crippen LogP contribution in [0.25, 0.3) is 0 Å². The van der Waals surface area contributed by atoms with E-state index in [9.17, 15) is 24.2 Å². The van der Waals surface area contributed by atoms with E-state index in [0.717, 1.165) is 77.0 Å². The van der Waals surface area contributed by atoms with Crippen molar-refractivity contribution in [3.05, 3.63) is 60.8 Å². The monoisotopic (exact) mass is 797 g/mol. The summed E-state index contributed by atoms with van der Waals surface area (Å²) >= 11 is 0. The van der Waals surface area contributed by atoms with Gasteiger partial charge >= 0.3 is 19.8 Å². The minimum Gasteiger partial charge on any atom is -0.462 e. The highest BCUT2D eigenvalue weighted by Gasteiger charge is 2.27. The Morgan fingerprint density at radius 1 is 0.545 bits per heavy atom. The zero-order valence-corrected chi connectivity index (χ0v) is 35.3. The average molecular weight is 797 g/mol. The molecule has 0 aromatic heterocycles. The van der Waals surface area contributed by atoms with Gasteiger partial charge in [0.15, 0.2) is 6.10 Å². The number of hydrogen-bond donors (Lipinski definition) is 3. The number of phosphoric acid groups is 1. The molecular formula is C44H77O10P. The van der Waals surface area contributed by atoms with E-state index in [-0.39, 0.29) is 19.4 Å². The summed E-state index contributed by atoms with van der Waals surface area (Å²) in [6.45, 7) is 2.27. The Morgan fingerprint density at radius 2 is 0.945 bits per heavy atom. The number of esters is 2. The topological polar surface area (TPSA) is 149 Å². The number of unbranched alkanes of at least 4 members (excludes halogenated alkanes) is 15. The van der Waals surface area contributed by atoms with Gasteiger partial charge in [-0.3, -0.25) is 18.6 Å². The van der Waals surface area contributed by atoms with Gasteiger partial charge in [0.2, 0.25) is 0 Å². The maximum atomic E-state index is 12.6. The average Bonchev–Trinajstić information content (AvgIpc) is 3.17. The number of aliphatic hydroxyl groups excluding tert-OH is 2. The molecule has 0 amide bonds. The number of aliphatic hydroxyl groups is 2. The largest absolute Gasteiger partial charge is 0.472 e. The van der Waals surface area contributed by atoms with Gasteiger partial charge in [0.05, 0.1) is 19.8 Å². The van der Waals surface area contributed by atoms with Crippen LogP contribution in [0.15, 0.2) is 60.8 Å². The Kier molecular flexibility index (Phi) is 38.2. The molecule has 1 unspecified atom stereocenters. The molecule has 0 aromatic carbocycles. The lowest BCUT2D eigenvalue weighted by molar-refractivity contribution is -0.161. The molecule has 0 aliphatic carbocycles. The molecule has 318 valence electrons. The summed E-state index contributed by atoms with van der Waals surface area (Å²) in [5.41, 5.74) is 0. The Labute approximate surface area is 334 Å². The maximum Gasteiger partial charge on any atom is 0.472 e. The molecule has 0 bridgehead atoms. The van der Waals surface area contributed by atoms with Crippen molar-refractivity contribution in [3.63, 3.8) is 0 Å². The van der Waals surface area contributed by atoms with Crippen LogP contribution in [0.1, 0.15) is 168 Å². The number of carbonyl (C=O) groups is 2. The van der Waals surface area contributed by atoms with Gasteiger partial charge in [-0.05, 0) is 83.5 Å². The SMILES string of the molecule is CCCCCC=CCC=CCC=CCC=CCCCCCC(=O)O[C@H](COC(=O)CCCCCCCC=CCCCCCC)COP(=O)(O)OC[C@@H](O)CO. The van der Waals surface area contributed by atoms with Crippen LogP contribution in [-0.2, 0) is 32.7 Å². The molecule has 0 aliphatic rings. The summed E-state index contributed by atoms with van der Waals surface area (Å²) in [5, 5.41) is 18.3. The van der Waals surface area contributed by atoms with Gasteiger partial charge in [-0.15, -0.1) is 0 Å². The first kappa shape index (κ1) is 52.7. The molecule has 0 aromatic rings. The van der Waals surface area contributed by atoms with Gasteiger partial charge in [0, 0.05) is 12.8 Å². The maximum absolute atomic E-state index is 12.6. The van der Waals surface area contributed by atoms with Gasteiger partial charge in [0.1, 0.15) is 12.7 Å². The normalized spacial score (nSPS) is 14.5. The van der Waals surface area contributed by atoms with Crippen LogP contribution in [-0.4, -0.2) is 65.7 Å². The molecule has 0 spiro atoms. The predicted octanol–water partition coefficient (Wildman–Crippen LogP) is 11.1. The Morgan fingerprint density at radius 3 is 1.49 bits per heavy atom. The van der Waals surface area contributed by atoms with E-state index in [4.69, 9.17) is 19.1 Å². The predicted molar refractivity (Wildman–Crippen MR) is 224 cm³/mol. The smallest absolute Gasteiger partial charge is 0.462 e. The van der Waals surface area contributed by atoms with Crippen LogP contribution in [0.3, 0.4) is 0 Å². The summed E-state index contributed by atoms with van der Waals surface area (Å²) in [6, 6.07) is 0. The summed E-state index contributed by atoms with van der Waals surface area (Å²) in [4.78, 5) is 34.9. The third-order valence-electron chi connectivity index (χ3n) is 8.64. The molecule has 3 N–H and O–H groups in total. The fourth-order valence-corrected chi connectivity index (χ4v) is 6.11. The Hall–Kier alpha value is -2.33. The second-order valence-corrected chi connectivity index (χ2v) is 15.5. The van der Waals surface area contributed by atoms with E-state index in [1.807, 2.05) is 0 Å². The van der Waals surface area contributed by atoms with Crippen LogP contribution in [0.5, 0.6) is 0 Å². The minimum absolute atomic E-state index is 0.143. The van der Waals surface area contributed by atoms with Gasteiger partial charge < -0.3 is 24.6 Å². The van der Waals surface area contributed by atoms with Crippen molar-refractivity contribution in [2.24, 2.45) is 0 Å². The van der Waals surface area contributed by atoms with Gasteiger partial charge in [-0.1, -0.05) is 132 Å². The Balaban J connectivity index is 4.40. The highest BCUT2D eigenvalue weighted by atomic mass is 31.2. The molecule has 11 heteroatoms.